The number of urea groups is 1. The van der Waals surface area contributed by atoms with Gasteiger partial charge < -0.3 is 15.0 Å². The summed E-state index contributed by atoms with van der Waals surface area (Å²) in [5.41, 5.74) is 1.72. The molecule has 1 saturated heterocycles. The van der Waals surface area contributed by atoms with Crippen molar-refractivity contribution in [2.75, 3.05) is 18.5 Å². The van der Waals surface area contributed by atoms with Gasteiger partial charge in [-0.3, -0.25) is 4.68 Å². The van der Waals surface area contributed by atoms with Crippen LogP contribution in [0.15, 0.2) is 24.4 Å². The Bertz CT molecular complexity index is 710. The van der Waals surface area contributed by atoms with Gasteiger partial charge in [-0.25, -0.2) is 4.79 Å². The van der Waals surface area contributed by atoms with E-state index in [1.54, 1.807) is 0 Å². The summed E-state index contributed by atoms with van der Waals surface area (Å²) in [5.74, 6) is 0. The fourth-order valence-corrected chi connectivity index (χ4v) is 2.80. The fraction of sp³-hybridized carbons (Fsp3) is 0.529. The van der Waals surface area contributed by atoms with Gasteiger partial charge in [0, 0.05) is 29.9 Å². The van der Waals surface area contributed by atoms with Crippen LogP contribution in [0.5, 0.6) is 0 Å². The minimum atomic E-state index is -0.0803. The highest BCUT2D eigenvalue weighted by Gasteiger charge is 2.29. The minimum absolute atomic E-state index is 0.0567. The molecular weight excluding hydrogens is 292 g/mol. The Labute approximate surface area is 136 Å². The van der Waals surface area contributed by atoms with Gasteiger partial charge >= 0.3 is 6.03 Å². The second-order valence-corrected chi connectivity index (χ2v) is 6.42. The Morgan fingerprint density at radius 1 is 1.39 bits per heavy atom. The fourth-order valence-electron chi connectivity index (χ4n) is 2.80. The number of ether oxygens (including phenoxy) is 1. The van der Waals surface area contributed by atoms with Crippen LogP contribution >= 0.6 is 0 Å². The first-order valence-corrected chi connectivity index (χ1v) is 8.14. The third-order valence-corrected chi connectivity index (χ3v) is 4.45. The molecule has 6 nitrogen and oxygen atoms in total. The van der Waals surface area contributed by atoms with E-state index in [9.17, 15) is 4.79 Å². The van der Waals surface area contributed by atoms with Crippen molar-refractivity contribution in [1.29, 1.82) is 0 Å². The van der Waals surface area contributed by atoms with Gasteiger partial charge in [-0.15, -0.1) is 0 Å². The predicted octanol–water partition coefficient (Wildman–Crippen LogP) is 3.26. The number of hydrogen-bond acceptors (Lipinski definition) is 3. The molecule has 6 heteroatoms. The zero-order chi connectivity index (χ0) is 16.6. The highest BCUT2D eigenvalue weighted by atomic mass is 16.5. The summed E-state index contributed by atoms with van der Waals surface area (Å²) in [5, 5.41) is 8.54. The first-order valence-electron chi connectivity index (χ1n) is 8.14. The van der Waals surface area contributed by atoms with Crippen molar-refractivity contribution in [3.63, 3.8) is 0 Å². The maximum atomic E-state index is 12.5. The Morgan fingerprint density at radius 3 is 2.91 bits per heavy atom. The predicted molar refractivity (Wildman–Crippen MR) is 90.7 cm³/mol. The number of morpholine rings is 1. The zero-order valence-electron chi connectivity index (χ0n) is 14.1. The van der Waals surface area contributed by atoms with Crippen molar-refractivity contribution in [1.82, 2.24) is 14.7 Å². The lowest BCUT2D eigenvalue weighted by Crippen LogP contribution is -2.52. The van der Waals surface area contributed by atoms with Crippen LogP contribution in [-0.2, 0) is 4.74 Å². The number of anilines is 1. The molecule has 0 saturated carbocycles. The van der Waals surface area contributed by atoms with E-state index < -0.39 is 0 Å². The topological polar surface area (TPSA) is 59.4 Å². The number of carbonyl (C=O) groups is 1. The molecule has 1 aliphatic rings. The lowest BCUT2D eigenvalue weighted by molar-refractivity contribution is -0.0355. The summed E-state index contributed by atoms with van der Waals surface area (Å²) in [6.45, 7) is 9.39. The van der Waals surface area contributed by atoms with Crippen molar-refractivity contribution in [3.05, 3.63) is 24.4 Å². The summed E-state index contributed by atoms with van der Waals surface area (Å²) in [7, 11) is 0. The number of amides is 2. The number of nitrogens with zero attached hydrogens (tertiary/aromatic N) is 3. The van der Waals surface area contributed by atoms with Gasteiger partial charge in [-0.05, 0) is 45.9 Å². The van der Waals surface area contributed by atoms with Gasteiger partial charge in [0.1, 0.15) is 0 Å². The summed E-state index contributed by atoms with van der Waals surface area (Å²) in [4.78, 5) is 14.3. The van der Waals surface area contributed by atoms with Gasteiger partial charge in [0.25, 0.3) is 0 Å². The van der Waals surface area contributed by atoms with E-state index in [1.807, 2.05) is 47.8 Å². The summed E-state index contributed by atoms with van der Waals surface area (Å²) in [6.07, 6.45) is 2.07. The zero-order valence-corrected chi connectivity index (χ0v) is 14.1. The first-order chi connectivity index (χ1) is 11.0. The quantitative estimate of drug-likeness (QED) is 0.925. The van der Waals surface area contributed by atoms with Crippen LogP contribution in [-0.4, -0.2) is 46.0 Å². The molecule has 0 spiro atoms. The molecule has 0 bridgehead atoms. The second kappa shape index (κ2) is 6.20. The smallest absolute Gasteiger partial charge is 0.322 e. The van der Waals surface area contributed by atoms with E-state index >= 15 is 0 Å². The largest absolute Gasteiger partial charge is 0.375 e. The normalized spacial score (nSPS) is 21.9. The van der Waals surface area contributed by atoms with Crippen LogP contribution in [0.3, 0.4) is 0 Å². The van der Waals surface area contributed by atoms with Crippen molar-refractivity contribution < 1.29 is 9.53 Å². The monoisotopic (exact) mass is 316 g/mol. The number of carbonyl (C=O) groups excluding carboxylic acids is 1. The number of fused-ring (bicyclic) bond motifs is 1. The maximum Gasteiger partial charge on any atom is 0.322 e. The Morgan fingerprint density at radius 2 is 2.17 bits per heavy atom. The molecule has 0 unspecified atom stereocenters. The van der Waals surface area contributed by atoms with Gasteiger partial charge in [-0.2, -0.15) is 5.10 Å². The van der Waals surface area contributed by atoms with Gasteiger partial charge in [0.05, 0.1) is 24.3 Å². The highest BCUT2D eigenvalue weighted by Crippen LogP contribution is 2.21. The van der Waals surface area contributed by atoms with Gasteiger partial charge in [0.2, 0.25) is 0 Å². The molecule has 1 fully saturated rings. The minimum Gasteiger partial charge on any atom is -0.375 e. The van der Waals surface area contributed by atoms with E-state index in [0.29, 0.717) is 19.2 Å². The van der Waals surface area contributed by atoms with E-state index in [-0.39, 0.29) is 18.2 Å². The average molecular weight is 316 g/mol. The summed E-state index contributed by atoms with van der Waals surface area (Å²) in [6, 6.07) is 6.10. The molecule has 1 aromatic carbocycles. The first kappa shape index (κ1) is 15.8. The van der Waals surface area contributed by atoms with Crippen LogP contribution < -0.4 is 5.32 Å². The lowest BCUT2D eigenvalue weighted by atomic mass is 10.1. The summed E-state index contributed by atoms with van der Waals surface area (Å²) >= 11 is 0. The number of nitrogens with one attached hydrogen (secondary N) is 1. The molecule has 2 amide bonds. The molecule has 1 aliphatic heterocycles. The Hall–Kier alpha value is -2.08. The SMILES string of the molecule is CC(C)n1cc2cc(NC(=O)N3CCO[C@@H](C)[C@@H]3C)ccc2n1. The van der Waals surface area contributed by atoms with E-state index in [2.05, 4.69) is 24.3 Å². The molecule has 23 heavy (non-hydrogen) atoms. The molecule has 3 rings (SSSR count). The molecule has 2 atom stereocenters. The molecule has 1 aromatic heterocycles. The average Bonchev–Trinajstić information content (AvgIpc) is 2.93. The van der Waals surface area contributed by atoms with Gasteiger partial charge in [0.15, 0.2) is 0 Å². The molecule has 1 N–H and O–H groups in total. The van der Waals surface area contributed by atoms with Crippen molar-refractivity contribution >= 4 is 22.6 Å². The van der Waals surface area contributed by atoms with Gasteiger partial charge in [-0.1, -0.05) is 0 Å². The van der Waals surface area contributed by atoms with Crippen LogP contribution in [0, 0.1) is 0 Å². The standard InChI is InChI=1S/C17H24N4O2/c1-11(2)21-10-14-9-15(5-6-16(14)19-21)18-17(22)20-7-8-23-13(4)12(20)3/h5-6,9-13H,7-8H2,1-4H3,(H,18,22)/t12-,13-/m0/s1. The molecule has 124 valence electrons. The molecule has 2 aromatic rings. The molecule has 0 aliphatic carbocycles. The number of benzene rings is 1. The Kier molecular flexibility index (Phi) is 4.26. The summed E-state index contributed by atoms with van der Waals surface area (Å²) < 4.78 is 7.50. The van der Waals surface area contributed by atoms with Crippen LogP contribution in [0.4, 0.5) is 10.5 Å². The third kappa shape index (κ3) is 3.17. The van der Waals surface area contributed by atoms with E-state index in [1.165, 1.54) is 0 Å². The maximum absolute atomic E-state index is 12.5. The number of hydrogen-bond donors (Lipinski definition) is 1. The highest BCUT2D eigenvalue weighted by molar-refractivity contribution is 5.92. The molecular formula is C17H24N4O2. The van der Waals surface area contributed by atoms with Crippen molar-refractivity contribution in [3.8, 4) is 0 Å². The molecule has 0 radical (unpaired) electrons. The third-order valence-electron chi connectivity index (χ3n) is 4.45. The number of rotatable bonds is 2. The van der Waals surface area contributed by atoms with E-state index in [4.69, 9.17) is 4.74 Å². The van der Waals surface area contributed by atoms with Crippen molar-refractivity contribution in [2.24, 2.45) is 0 Å². The number of aromatic nitrogens is 2. The van der Waals surface area contributed by atoms with Crippen LogP contribution in [0.25, 0.3) is 10.9 Å². The Balaban J connectivity index is 1.76. The van der Waals surface area contributed by atoms with E-state index in [0.717, 1.165) is 16.6 Å². The second-order valence-electron chi connectivity index (χ2n) is 6.42. The van der Waals surface area contributed by atoms with Crippen molar-refractivity contribution in [2.45, 2.75) is 45.9 Å². The van der Waals surface area contributed by atoms with Crippen LogP contribution in [0.1, 0.15) is 33.7 Å². The molecule has 2 heterocycles. The van der Waals surface area contributed by atoms with Crippen LogP contribution in [0.2, 0.25) is 0 Å². The lowest BCUT2D eigenvalue weighted by Gasteiger charge is -2.37.